The van der Waals surface area contributed by atoms with Crippen LogP contribution in [-0.2, 0) is 16.4 Å². The Labute approximate surface area is 89.3 Å². The zero-order valence-corrected chi connectivity index (χ0v) is 9.47. The number of rotatable bonds is 4. The van der Waals surface area contributed by atoms with E-state index in [-0.39, 0.29) is 10.6 Å². The highest BCUT2D eigenvalue weighted by Crippen LogP contribution is 2.24. The highest BCUT2D eigenvalue weighted by Gasteiger charge is 2.17. The molecule has 0 spiro atoms. The van der Waals surface area contributed by atoms with Crippen LogP contribution in [0.25, 0.3) is 0 Å². The molecule has 15 heavy (non-hydrogen) atoms. The third kappa shape index (κ3) is 2.47. The molecule has 0 fully saturated rings. The summed E-state index contributed by atoms with van der Waals surface area (Å²) in [5.41, 5.74) is 0.907. The summed E-state index contributed by atoms with van der Waals surface area (Å²) >= 11 is 0. The zero-order chi connectivity index (χ0) is 11.5. The number of hydrogen-bond acceptors (Lipinski definition) is 4. The van der Waals surface area contributed by atoms with Crippen molar-refractivity contribution in [3.8, 4) is 5.75 Å². The van der Waals surface area contributed by atoms with Gasteiger partial charge in [0.1, 0.15) is 10.6 Å². The van der Waals surface area contributed by atoms with Gasteiger partial charge in [-0.2, -0.15) is 0 Å². The topological polar surface area (TPSA) is 81.4 Å². The molecule has 1 rings (SSSR count). The number of benzene rings is 1. The molecule has 1 aromatic rings. The average molecular weight is 230 g/mol. The van der Waals surface area contributed by atoms with Crippen molar-refractivity contribution in [2.24, 2.45) is 5.84 Å². The highest BCUT2D eigenvalue weighted by molar-refractivity contribution is 7.89. The lowest BCUT2D eigenvalue weighted by Crippen LogP contribution is -2.30. The molecule has 0 radical (unpaired) electrons. The lowest BCUT2D eigenvalue weighted by molar-refractivity contribution is 0.402. The van der Waals surface area contributed by atoms with Gasteiger partial charge in [0.2, 0.25) is 0 Å². The zero-order valence-electron chi connectivity index (χ0n) is 8.65. The van der Waals surface area contributed by atoms with Gasteiger partial charge in [-0.1, -0.05) is 13.0 Å². The number of hydrazine groups is 1. The average Bonchev–Trinajstić information content (AvgIpc) is 2.28. The molecule has 0 aromatic heterocycles. The Morgan fingerprint density at radius 2 is 2.13 bits per heavy atom. The summed E-state index contributed by atoms with van der Waals surface area (Å²) in [4.78, 5) is 1.84. The molecule has 0 aliphatic heterocycles. The van der Waals surface area contributed by atoms with Crippen molar-refractivity contribution in [1.82, 2.24) is 4.83 Å². The monoisotopic (exact) mass is 230 g/mol. The first-order valence-electron chi connectivity index (χ1n) is 4.44. The predicted molar refractivity (Wildman–Crippen MR) is 56.9 cm³/mol. The maximum absolute atomic E-state index is 11.5. The van der Waals surface area contributed by atoms with Crippen LogP contribution in [0.5, 0.6) is 5.75 Å². The third-order valence-electron chi connectivity index (χ3n) is 2.08. The Kier molecular flexibility index (Phi) is 3.67. The normalized spacial score (nSPS) is 11.4. The molecular formula is C9H14N2O3S. The lowest BCUT2D eigenvalue weighted by Gasteiger charge is -2.09. The van der Waals surface area contributed by atoms with E-state index in [0.717, 1.165) is 12.0 Å². The van der Waals surface area contributed by atoms with Gasteiger partial charge < -0.3 is 4.74 Å². The van der Waals surface area contributed by atoms with Crippen molar-refractivity contribution < 1.29 is 13.2 Å². The largest absolute Gasteiger partial charge is 0.495 e. The number of aryl methyl sites for hydroxylation is 1. The molecule has 0 heterocycles. The van der Waals surface area contributed by atoms with E-state index in [4.69, 9.17) is 10.6 Å². The summed E-state index contributed by atoms with van der Waals surface area (Å²) < 4.78 is 28.0. The molecule has 6 heteroatoms. The van der Waals surface area contributed by atoms with Gasteiger partial charge in [-0.05, 0) is 24.1 Å². The van der Waals surface area contributed by atoms with Crippen LogP contribution in [-0.4, -0.2) is 15.5 Å². The quantitative estimate of drug-likeness (QED) is 0.580. The van der Waals surface area contributed by atoms with Crippen LogP contribution in [0.15, 0.2) is 23.1 Å². The highest BCUT2D eigenvalue weighted by atomic mass is 32.2. The molecular weight excluding hydrogens is 216 g/mol. The van der Waals surface area contributed by atoms with E-state index in [1.165, 1.54) is 7.11 Å². The van der Waals surface area contributed by atoms with Crippen molar-refractivity contribution in [3.63, 3.8) is 0 Å². The fourth-order valence-electron chi connectivity index (χ4n) is 1.21. The van der Waals surface area contributed by atoms with Gasteiger partial charge in [-0.15, -0.1) is 4.83 Å². The molecule has 0 amide bonds. The number of nitrogens with two attached hydrogens (primary N) is 1. The molecule has 0 atom stereocenters. The fraction of sp³-hybridized carbons (Fsp3) is 0.333. The molecule has 5 nitrogen and oxygen atoms in total. The maximum Gasteiger partial charge on any atom is 0.256 e. The second-order valence-electron chi connectivity index (χ2n) is 2.96. The van der Waals surface area contributed by atoms with Gasteiger partial charge in [0.05, 0.1) is 7.11 Å². The van der Waals surface area contributed by atoms with Crippen LogP contribution in [0, 0.1) is 0 Å². The summed E-state index contributed by atoms with van der Waals surface area (Å²) in [6, 6.07) is 4.98. The molecule has 0 saturated carbocycles. The Morgan fingerprint density at radius 1 is 1.47 bits per heavy atom. The van der Waals surface area contributed by atoms with Gasteiger partial charge in [0, 0.05) is 0 Å². The summed E-state index contributed by atoms with van der Waals surface area (Å²) in [5, 5.41) is 0. The number of sulfonamides is 1. The number of nitrogens with one attached hydrogen (secondary N) is 1. The fourth-order valence-corrected chi connectivity index (χ4v) is 2.06. The molecule has 3 N–H and O–H groups in total. The number of ether oxygens (including phenoxy) is 1. The van der Waals surface area contributed by atoms with Crippen LogP contribution in [0.3, 0.4) is 0 Å². The Morgan fingerprint density at radius 3 is 2.60 bits per heavy atom. The first-order chi connectivity index (χ1) is 7.05. The first-order valence-corrected chi connectivity index (χ1v) is 5.92. The van der Waals surface area contributed by atoms with Crippen LogP contribution in [0.4, 0.5) is 0 Å². The van der Waals surface area contributed by atoms with Crippen LogP contribution < -0.4 is 15.4 Å². The Balaban J connectivity index is 3.36. The van der Waals surface area contributed by atoms with E-state index in [9.17, 15) is 8.42 Å². The summed E-state index contributed by atoms with van der Waals surface area (Å²) in [7, 11) is -2.26. The molecule has 0 aliphatic carbocycles. The third-order valence-corrected chi connectivity index (χ3v) is 3.29. The minimum absolute atomic E-state index is 0.0619. The number of hydrogen-bond donors (Lipinski definition) is 2. The van der Waals surface area contributed by atoms with E-state index < -0.39 is 10.0 Å². The van der Waals surface area contributed by atoms with E-state index in [0.29, 0.717) is 0 Å². The van der Waals surface area contributed by atoms with E-state index in [1.807, 2.05) is 13.0 Å². The van der Waals surface area contributed by atoms with Gasteiger partial charge in [0.15, 0.2) is 0 Å². The van der Waals surface area contributed by atoms with Crippen molar-refractivity contribution in [2.75, 3.05) is 7.11 Å². The van der Waals surface area contributed by atoms with Crippen LogP contribution >= 0.6 is 0 Å². The molecule has 0 aliphatic rings. The number of methoxy groups -OCH3 is 1. The van der Waals surface area contributed by atoms with E-state index in [1.54, 1.807) is 17.0 Å². The second kappa shape index (κ2) is 4.61. The first kappa shape index (κ1) is 12.0. The van der Waals surface area contributed by atoms with E-state index in [2.05, 4.69) is 0 Å². The van der Waals surface area contributed by atoms with Gasteiger partial charge in [0.25, 0.3) is 10.0 Å². The SMILES string of the molecule is CCc1ccc(OC)c(S(=O)(=O)NN)c1. The van der Waals surface area contributed by atoms with Gasteiger partial charge >= 0.3 is 0 Å². The van der Waals surface area contributed by atoms with Crippen molar-refractivity contribution in [3.05, 3.63) is 23.8 Å². The van der Waals surface area contributed by atoms with Gasteiger partial charge in [-0.3, -0.25) is 5.84 Å². The van der Waals surface area contributed by atoms with Gasteiger partial charge in [-0.25, -0.2) is 8.42 Å². The predicted octanol–water partition coefficient (Wildman–Crippen LogP) is 0.410. The molecule has 84 valence electrons. The molecule has 0 bridgehead atoms. The standard InChI is InChI=1S/C9H14N2O3S/c1-3-7-4-5-8(14-2)9(6-7)15(12,13)11-10/h4-6,11H,3,10H2,1-2H3. The Hall–Kier alpha value is -1.11. The smallest absolute Gasteiger partial charge is 0.256 e. The Bertz CT molecular complexity index is 443. The molecule has 0 unspecified atom stereocenters. The lowest BCUT2D eigenvalue weighted by atomic mass is 10.2. The minimum Gasteiger partial charge on any atom is -0.495 e. The molecule has 0 saturated heterocycles. The van der Waals surface area contributed by atoms with Crippen molar-refractivity contribution in [1.29, 1.82) is 0 Å². The maximum atomic E-state index is 11.5. The van der Waals surface area contributed by atoms with Crippen molar-refractivity contribution >= 4 is 10.0 Å². The second-order valence-corrected chi connectivity index (χ2v) is 4.64. The van der Waals surface area contributed by atoms with E-state index >= 15 is 0 Å². The molecule has 1 aromatic carbocycles. The summed E-state index contributed by atoms with van der Waals surface area (Å²) in [6.07, 6.45) is 0.747. The van der Waals surface area contributed by atoms with Crippen LogP contribution in [0.2, 0.25) is 0 Å². The van der Waals surface area contributed by atoms with Crippen molar-refractivity contribution in [2.45, 2.75) is 18.2 Å². The minimum atomic E-state index is -3.67. The summed E-state index contributed by atoms with van der Waals surface area (Å²) in [6.45, 7) is 1.94. The summed E-state index contributed by atoms with van der Waals surface area (Å²) in [5.74, 6) is 5.24. The van der Waals surface area contributed by atoms with Crippen LogP contribution in [0.1, 0.15) is 12.5 Å².